The number of carbonyl (C=O) groups is 4. The second-order valence-electron chi connectivity index (χ2n) is 34.1. The summed E-state index contributed by atoms with van der Waals surface area (Å²) in [5.74, 6) is -4.71. The average Bonchev–Trinajstić information content (AvgIpc) is 0.670. The van der Waals surface area contributed by atoms with Gasteiger partial charge in [0.2, 0.25) is 6.29 Å². The van der Waals surface area contributed by atoms with E-state index >= 15 is 4.79 Å². The zero-order chi connectivity index (χ0) is 82.3. The molecule has 6 saturated heterocycles. The van der Waals surface area contributed by atoms with E-state index in [0.29, 0.717) is 55.6 Å². The van der Waals surface area contributed by atoms with Crippen molar-refractivity contribution < 1.29 is 177 Å². The van der Waals surface area contributed by atoms with Gasteiger partial charge in [0.05, 0.1) is 69.8 Å². The number of methoxy groups -OCH3 is 2. The van der Waals surface area contributed by atoms with Crippen LogP contribution in [0.3, 0.4) is 0 Å². The van der Waals surface area contributed by atoms with Crippen LogP contribution in [0.5, 0.6) is 11.5 Å². The fraction of sp³-hybridized carbons (Fsp3) is 0.818. The maximum Gasteiger partial charge on any atom is 0.331 e. The molecule has 12 rings (SSSR count). The summed E-state index contributed by atoms with van der Waals surface area (Å²) < 4.78 is 96.5. The molecule has 37 atom stereocenters. The first kappa shape index (κ1) is 87.5. The lowest BCUT2D eigenvalue weighted by Gasteiger charge is -2.71. The lowest BCUT2D eigenvalue weighted by Crippen LogP contribution is -2.69. The Labute approximate surface area is 652 Å². The number of aliphatic hydroxyl groups is 15. The first-order valence-electron chi connectivity index (χ1n) is 38.9. The molecular formula is C77H114O36. The second kappa shape index (κ2) is 34.1. The Morgan fingerprint density at radius 3 is 1.81 bits per heavy atom. The van der Waals surface area contributed by atoms with Gasteiger partial charge < -0.3 is 157 Å². The number of hydrogen-bond donors (Lipinski definition) is 16. The Bertz CT molecular complexity index is 3560. The van der Waals surface area contributed by atoms with E-state index in [1.165, 1.54) is 34.1 Å². The van der Waals surface area contributed by atoms with Gasteiger partial charge >= 0.3 is 23.9 Å². The molecule has 6 aliphatic heterocycles. The van der Waals surface area contributed by atoms with Crippen molar-refractivity contribution in [2.24, 2.45) is 50.2 Å². The zero-order valence-electron chi connectivity index (χ0n) is 64.9. The number of fused-ring (bicyclic) bond motifs is 7. The molecule has 0 bridgehead atoms. The van der Waals surface area contributed by atoms with Crippen molar-refractivity contribution >= 4 is 30.0 Å². The molecule has 0 spiro atoms. The summed E-state index contributed by atoms with van der Waals surface area (Å²) >= 11 is 0. The van der Waals surface area contributed by atoms with Gasteiger partial charge in [0.15, 0.2) is 55.2 Å². The first-order valence-corrected chi connectivity index (χ1v) is 38.9. The molecule has 0 radical (unpaired) electrons. The van der Waals surface area contributed by atoms with Crippen molar-refractivity contribution in [2.45, 2.75) is 298 Å². The molecule has 0 amide bonds. The van der Waals surface area contributed by atoms with Crippen LogP contribution in [0.2, 0.25) is 0 Å². The molecule has 11 aliphatic rings. The largest absolute Gasteiger partial charge is 0.493 e. The van der Waals surface area contributed by atoms with Crippen molar-refractivity contribution in [1.82, 2.24) is 0 Å². The van der Waals surface area contributed by atoms with Gasteiger partial charge in [-0.25, -0.2) is 4.79 Å². The maximum absolute atomic E-state index is 16.5. The van der Waals surface area contributed by atoms with Crippen LogP contribution in [0.4, 0.5) is 0 Å². The molecule has 5 aliphatic carbocycles. The summed E-state index contributed by atoms with van der Waals surface area (Å²) in [4.78, 5) is 57.1. The fourth-order valence-corrected chi connectivity index (χ4v) is 20.5. The Kier molecular flexibility index (Phi) is 26.4. The molecule has 1 aromatic carbocycles. The topological polar surface area (TPSA) is 540 Å². The van der Waals surface area contributed by atoms with Crippen molar-refractivity contribution in [1.29, 1.82) is 0 Å². The third-order valence-corrected chi connectivity index (χ3v) is 27.2. The molecule has 638 valence electrons. The molecule has 113 heavy (non-hydrogen) atoms. The number of aliphatic carboxylic acids is 1. The third-order valence-electron chi connectivity index (χ3n) is 27.2. The predicted octanol–water partition coefficient (Wildman–Crippen LogP) is -2.16. The molecule has 36 nitrogen and oxygen atoms in total. The average molecular weight is 1620 g/mol. The van der Waals surface area contributed by atoms with Gasteiger partial charge in [-0.15, -0.1) is 0 Å². The zero-order valence-corrected chi connectivity index (χ0v) is 64.9. The highest BCUT2D eigenvalue weighted by molar-refractivity contribution is 5.87. The summed E-state index contributed by atoms with van der Waals surface area (Å²) in [6.07, 6.45) is -43.6. The second-order valence-corrected chi connectivity index (χ2v) is 34.1. The number of carbonyl (C=O) groups excluding carboxylic acids is 3. The summed E-state index contributed by atoms with van der Waals surface area (Å²) in [5, 5.41) is 179. The Morgan fingerprint density at radius 2 is 1.14 bits per heavy atom. The molecule has 36 heteroatoms. The number of carboxylic acids is 1. The van der Waals surface area contributed by atoms with Crippen LogP contribution in [-0.4, -0.2) is 331 Å². The van der Waals surface area contributed by atoms with E-state index in [2.05, 4.69) is 33.8 Å². The summed E-state index contributed by atoms with van der Waals surface area (Å²) in [6.45, 7) is 11.1. The molecule has 6 heterocycles. The van der Waals surface area contributed by atoms with Gasteiger partial charge in [0.25, 0.3) is 0 Å². The lowest BCUT2D eigenvalue weighted by molar-refractivity contribution is -0.392. The van der Waals surface area contributed by atoms with Crippen LogP contribution >= 0.6 is 0 Å². The van der Waals surface area contributed by atoms with Crippen LogP contribution in [0.1, 0.15) is 125 Å². The van der Waals surface area contributed by atoms with E-state index in [4.69, 9.17) is 75.8 Å². The molecule has 0 aromatic heterocycles. The van der Waals surface area contributed by atoms with Crippen molar-refractivity contribution in [2.75, 3.05) is 47.3 Å². The van der Waals surface area contributed by atoms with E-state index in [0.717, 1.165) is 18.6 Å². The highest BCUT2D eigenvalue weighted by Crippen LogP contribution is 2.76. The minimum atomic E-state index is -2.21. The van der Waals surface area contributed by atoms with E-state index < -0.39 is 273 Å². The maximum atomic E-state index is 16.5. The monoisotopic (exact) mass is 1610 g/mol. The highest BCUT2D eigenvalue weighted by atomic mass is 16.8. The number of esters is 3. The smallest absolute Gasteiger partial charge is 0.331 e. The molecule has 0 unspecified atom stereocenters. The lowest BCUT2D eigenvalue weighted by atomic mass is 9.33. The third kappa shape index (κ3) is 16.0. The number of rotatable bonds is 22. The van der Waals surface area contributed by atoms with Crippen molar-refractivity contribution in [3.63, 3.8) is 0 Å². The molecule has 10 fully saturated rings. The SMILES string of the molecule is COc1ccc(/C=C\C(=O)O[C@@H]2[C@H](O[C@@H]3O[C@H](COC(C)=O)[C@@H](O)[C@H](O)[C@H]3O)[C@@H](O[C@@H]3O[C@@H](C)[C@H](O[C@@H]4OC[C@@H](O[C@@H]5OC[C@H](O)[C@H](O)[C@H]5O)[C@H](O)[C@H]4O)[C@@H](O)[C@H]3O)[C@H](OC(=O)[C@]34CCC(C)(C)C[C@@H]3C3=CC[C@@H]5[C@@]6(C)CC[C@H](O[C@@H]7O[C@H](CO)[C@@H](O)[C@H](O)[C@H]7O)[C@@](C)(C(=O)O)[C@@H]6CC[C@@]5(C)[C@]3(CO)CC4)O[C@@H]2C)cc1OC. The number of allylic oxidation sites excluding steroid dienone is 1. The van der Waals surface area contributed by atoms with Crippen LogP contribution in [-0.2, 0) is 85.5 Å². The standard InChI is InChI=1S/C77H114O36/c1-32-60(110-65-56(91)51(86)43(30-102-65)106-64-55(90)48(83)38(81)28-101-64)54(89)59(94)66(103-32)112-63-62(111-68-58(93)53(88)50(85)42(107-68)29-100-34(3)80)61(109-47(82)16-12-35-11-14-39(98-9)40(25-35)99-10)33(2)104-69(63)113-71(97)76-22-21-72(4,5)26-37(76)36-13-15-44-73(6)19-18-46(108-67-57(92)52(87)49(84)41(27-78)105-67)75(8,70(95)96)45(73)17-20-74(44,7)77(36,31-79)24-23-76/h11-14,16,25,32-33,37-38,41-46,48-69,78-79,81,83-94H,15,17-24,26-31H2,1-10H3,(H,95,96)/b16-12-/t32-,33+,37+,38-,41+,42+,43+,44+,45+,46-,48-,49+,50+,51-,52-,53-,54-,55+,56+,57+,58+,59+,60-,61-,62-,63+,64-,65-,66-,67-,68-,69-,73+,74+,75-,76-,77-/m0/s1. The van der Waals surface area contributed by atoms with Gasteiger partial charge in [-0.2, -0.15) is 0 Å². The van der Waals surface area contributed by atoms with Crippen LogP contribution < -0.4 is 9.47 Å². The van der Waals surface area contributed by atoms with Gasteiger partial charge in [0.1, 0.15) is 116 Å². The van der Waals surface area contributed by atoms with Gasteiger partial charge in [0, 0.05) is 18.4 Å². The summed E-state index contributed by atoms with van der Waals surface area (Å²) in [5.41, 5.74) is -4.79. The molecule has 16 N–H and O–H groups in total. The summed E-state index contributed by atoms with van der Waals surface area (Å²) in [7, 11) is 2.85. The van der Waals surface area contributed by atoms with Crippen LogP contribution in [0.25, 0.3) is 6.08 Å². The Hall–Kier alpha value is -4.86. The minimum Gasteiger partial charge on any atom is -0.493 e. The first-order chi connectivity index (χ1) is 53.3. The number of carboxylic acid groups (broad SMARTS) is 1. The van der Waals surface area contributed by atoms with E-state index in [1.807, 2.05) is 0 Å². The highest BCUT2D eigenvalue weighted by Gasteiger charge is 2.73. The van der Waals surface area contributed by atoms with Crippen molar-refractivity contribution in [3.05, 3.63) is 41.5 Å². The number of benzene rings is 1. The van der Waals surface area contributed by atoms with E-state index in [-0.39, 0.29) is 38.2 Å². The molecule has 1 aromatic rings. The summed E-state index contributed by atoms with van der Waals surface area (Å²) in [6, 6.07) is 4.78. The fourth-order valence-electron chi connectivity index (χ4n) is 20.5. The normalized spacial score (nSPS) is 47.8. The van der Waals surface area contributed by atoms with Crippen LogP contribution in [0, 0.1) is 50.2 Å². The van der Waals surface area contributed by atoms with E-state index in [1.54, 1.807) is 25.1 Å². The van der Waals surface area contributed by atoms with E-state index in [9.17, 15) is 96.1 Å². The number of aliphatic hydroxyl groups excluding tert-OH is 15. The molecule has 4 saturated carbocycles. The number of ether oxygens (including phenoxy) is 16. The minimum absolute atomic E-state index is 0.105. The molecular weight excluding hydrogens is 1500 g/mol. The van der Waals surface area contributed by atoms with Gasteiger partial charge in [-0.1, -0.05) is 45.4 Å². The number of hydrogen-bond acceptors (Lipinski definition) is 35. The van der Waals surface area contributed by atoms with Crippen LogP contribution in [0.15, 0.2) is 35.9 Å². The van der Waals surface area contributed by atoms with Gasteiger partial charge in [-0.3, -0.25) is 14.4 Å². The Balaban J connectivity index is 0.875. The Morgan fingerprint density at radius 1 is 0.558 bits per heavy atom. The van der Waals surface area contributed by atoms with Crippen molar-refractivity contribution in [3.8, 4) is 11.5 Å². The van der Waals surface area contributed by atoms with Gasteiger partial charge in [-0.05, 0) is 143 Å². The quantitative estimate of drug-likeness (QED) is 0.0193. The predicted molar refractivity (Wildman–Crippen MR) is 379 cm³/mol.